The summed E-state index contributed by atoms with van der Waals surface area (Å²) in [6.07, 6.45) is 0. The van der Waals surface area contributed by atoms with Crippen molar-refractivity contribution in [2.24, 2.45) is 11.1 Å². The second-order valence-electron chi connectivity index (χ2n) is 3.60. The van der Waals surface area contributed by atoms with Crippen LogP contribution in [0.2, 0.25) is 0 Å². The smallest absolute Gasteiger partial charge is 0.124 e. The Hall–Kier alpha value is -1.38. The van der Waals surface area contributed by atoms with E-state index in [1.54, 1.807) is 0 Å². The molecule has 0 radical (unpaired) electrons. The van der Waals surface area contributed by atoms with Crippen molar-refractivity contribution in [3.8, 4) is 5.75 Å². The predicted molar refractivity (Wildman–Crippen MR) is 56.3 cm³/mol. The van der Waals surface area contributed by atoms with Crippen LogP contribution in [0.3, 0.4) is 0 Å². The van der Waals surface area contributed by atoms with E-state index in [0.717, 1.165) is 11.3 Å². The third-order valence-corrected chi connectivity index (χ3v) is 1.78. The van der Waals surface area contributed by atoms with Gasteiger partial charge in [0.2, 0.25) is 0 Å². The van der Waals surface area contributed by atoms with Crippen molar-refractivity contribution in [2.45, 2.75) is 20.4 Å². The Morgan fingerprint density at radius 1 is 1.36 bits per heavy atom. The van der Waals surface area contributed by atoms with Gasteiger partial charge < -0.3 is 4.74 Å². The molecule has 3 nitrogen and oxygen atoms in total. The van der Waals surface area contributed by atoms with Gasteiger partial charge in [-0.15, -0.1) is 0 Å². The van der Waals surface area contributed by atoms with E-state index in [9.17, 15) is 4.91 Å². The normalized spacial score (nSPS) is 10.2. The lowest BCUT2D eigenvalue weighted by Gasteiger charge is -2.11. The molecule has 14 heavy (non-hydrogen) atoms. The molecule has 0 heterocycles. The van der Waals surface area contributed by atoms with E-state index < -0.39 is 0 Å². The molecule has 0 atom stereocenters. The summed E-state index contributed by atoms with van der Waals surface area (Å²) in [4.78, 5) is 10.2. The molecule has 0 spiro atoms. The monoisotopic (exact) mass is 193 g/mol. The molecule has 0 aliphatic carbocycles. The SMILES string of the molecule is CC(C)COc1ccccc1CN=O. The lowest BCUT2D eigenvalue weighted by atomic mass is 10.2. The summed E-state index contributed by atoms with van der Waals surface area (Å²) in [5.41, 5.74) is 0.850. The van der Waals surface area contributed by atoms with Crippen molar-refractivity contribution >= 4 is 0 Å². The molecule has 1 aromatic rings. The summed E-state index contributed by atoms with van der Waals surface area (Å²) in [6.45, 7) is 5.01. The molecule has 0 amide bonds. The van der Waals surface area contributed by atoms with Crippen LogP contribution in [-0.2, 0) is 6.54 Å². The summed E-state index contributed by atoms with van der Waals surface area (Å²) in [5.74, 6) is 1.24. The molecule has 0 unspecified atom stereocenters. The predicted octanol–water partition coefficient (Wildman–Crippen LogP) is 2.99. The largest absolute Gasteiger partial charge is 0.493 e. The van der Waals surface area contributed by atoms with E-state index >= 15 is 0 Å². The number of rotatable bonds is 5. The molecule has 0 aliphatic heterocycles. The molecule has 1 rings (SSSR count). The number of ether oxygens (including phenoxy) is 1. The lowest BCUT2D eigenvalue weighted by molar-refractivity contribution is 0.268. The van der Waals surface area contributed by atoms with Crippen molar-refractivity contribution in [2.75, 3.05) is 6.61 Å². The fourth-order valence-electron chi connectivity index (χ4n) is 1.10. The Morgan fingerprint density at radius 3 is 2.71 bits per heavy atom. The zero-order chi connectivity index (χ0) is 10.4. The molecule has 3 heteroatoms. The van der Waals surface area contributed by atoms with E-state index in [0.29, 0.717) is 12.5 Å². The van der Waals surface area contributed by atoms with Crippen LogP contribution < -0.4 is 4.74 Å². The summed E-state index contributed by atoms with van der Waals surface area (Å²) in [6, 6.07) is 7.49. The third kappa shape index (κ3) is 3.17. The van der Waals surface area contributed by atoms with E-state index in [1.165, 1.54) is 0 Å². The Bertz CT molecular complexity index is 297. The molecule has 0 fully saturated rings. The van der Waals surface area contributed by atoms with Gasteiger partial charge in [0, 0.05) is 5.56 Å². The maximum Gasteiger partial charge on any atom is 0.124 e. The lowest BCUT2D eigenvalue weighted by Crippen LogP contribution is -2.05. The molecular formula is C11H15NO2. The van der Waals surface area contributed by atoms with Gasteiger partial charge in [0.1, 0.15) is 12.3 Å². The Labute approximate surface area is 84.1 Å². The Kier molecular flexibility index (Phi) is 4.11. The van der Waals surface area contributed by atoms with E-state index in [4.69, 9.17) is 4.74 Å². The van der Waals surface area contributed by atoms with Crippen LogP contribution in [0.25, 0.3) is 0 Å². The Morgan fingerprint density at radius 2 is 2.07 bits per heavy atom. The highest BCUT2D eigenvalue weighted by Crippen LogP contribution is 2.19. The highest BCUT2D eigenvalue weighted by atomic mass is 16.5. The number of benzene rings is 1. The quantitative estimate of drug-likeness (QED) is 0.674. The summed E-state index contributed by atoms with van der Waals surface area (Å²) in [7, 11) is 0. The van der Waals surface area contributed by atoms with Crippen LogP contribution in [0.4, 0.5) is 0 Å². The van der Waals surface area contributed by atoms with Gasteiger partial charge in [-0.25, -0.2) is 0 Å². The molecular weight excluding hydrogens is 178 g/mol. The number of hydrogen-bond donors (Lipinski definition) is 0. The van der Waals surface area contributed by atoms with Crippen LogP contribution in [0.1, 0.15) is 19.4 Å². The molecule has 76 valence electrons. The summed E-state index contributed by atoms with van der Waals surface area (Å²) < 4.78 is 5.55. The Balaban J connectivity index is 2.68. The van der Waals surface area contributed by atoms with Gasteiger partial charge in [0.05, 0.1) is 6.61 Å². The first-order valence-corrected chi connectivity index (χ1v) is 4.74. The van der Waals surface area contributed by atoms with Crippen molar-refractivity contribution in [1.82, 2.24) is 0 Å². The third-order valence-electron chi connectivity index (χ3n) is 1.78. The molecule has 0 saturated heterocycles. The van der Waals surface area contributed by atoms with E-state index in [2.05, 4.69) is 19.0 Å². The number of nitroso groups, excluding NO2 is 1. The van der Waals surface area contributed by atoms with Gasteiger partial charge in [-0.2, -0.15) is 4.91 Å². The summed E-state index contributed by atoms with van der Waals surface area (Å²) >= 11 is 0. The zero-order valence-electron chi connectivity index (χ0n) is 8.56. The van der Waals surface area contributed by atoms with Crippen LogP contribution in [0, 0.1) is 10.8 Å². The standard InChI is InChI=1S/C11H15NO2/c1-9(2)8-14-11-6-4-3-5-10(11)7-12-13/h3-6,9H,7-8H2,1-2H3. The van der Waals surface area contributed by atoms with Crippen molar-refractivity contribution in [3.63, 3.8) is 0 Å². The minimum Gasteiger partial charge on any atom is -0.493 e. The van der Waals surface area contributed by atoms with E-state index in [1.807, 2.05) is 24.3 Å². The average molecular weight is 193 g/mol. The first kappa shape index (κ1) is 10.7. The number of nitrogens with zero attached hydrogens (tertiary/aromatic N) is 1. The fraction of sp³-hybridized carbons (Fsp3) is 0.455. The molecule has 0 bridgehead atoms. The van der Waals surface area contributed by atoms with Gasteiger partial charge in [0.25, 0.3) is 0 Å². The molecule has 1 aromatic carbocycles. The average Bonchev–Trinajstić information content (AvgIpc) is 2.17. The molecule has 0 aliphatic rings. The second kappa shape index (κ2) is 5.37. The van der Waals surface area contributed by atoms with Gasteiger partial charge in [0.15, 0.2) is 0 Å². The van der Waals surface area contributed by atoms with Gasteiger partial charge >= 0.3 is 0 Å². The number of hydrogen-bond acceptors (Lipinski definition) is 3. The van der Waals surface area contributed by atoms with Crippen molar-refractivity contribution in [1.29, 1.82) is 0 Å². The van der Waals surface area contributed by atoms with E-state index in [-0.39, 0.29) is 6.54 Å². The maximum atomic E-state index is 10.2. The fourth-order valence-corrected chi connectivity index (χ4v) is 1.10. The first-order chi connectivity index (χ1) is 6.74. The maximum absolute atomic E-state index is 10.2. The highest BCUT2D eigenvalue weighted by molar-refractivity contribution is 5.33. The minimum absolute atomic E-state index is 0.175. The summed E-state index contributed by atoms with van der Waals surface area (Å²) in [5, 5.41) is 2.86. The van der Waals surface area contributed by atoms with Crippen LogP contribution in [-0.4, -0.2) is 6.61 Å². The van der Waals surface area contributed by atoms with Crippen LogP contribution >= 0.6 is 0 Å². The van der Waals surface area contributed by atoms with Crippen LogP contribution in [0.15, 0.2) is 29.4 Å². The minimum atomic E-state index is 0.175. The zero-order valence-corrected chi connectivity index (χ0v) is 8.56. The second-order valence-corrected chi connectivity index (χ2v) is 3.60. The number of para-hydroxylation sites is 1. The first-order valence-electron chi connectivity index (χ1n) is 4.74. The topological polar surface area (TPSA) is 38.7 Å². The van der Waals surface area contributed by atoms with Gasteiger partial charge in [-0.05, 0) is 12.0 Å². The molecule has 0 saturated carbocycles. The van der Waals surface area contributed by atoms with Crippen molar-refractivity contribution < 1.29 is 4.74 Å². The highest BCUT2D eigenvalue weighted by Gasteiger charge is 2.03. The van der Waals surface area contributed by atoms with Gasteiger partial charge in [-0.3, -0.25) is 0 Å². The van der Waals surface area contributed by atoms with Crippen LogP contribution in [0.5, 0.6) is 5.75 Å². The molecule has 0 N–H and O–H groups in total. The molecule has 0 aromatic heterocycles. The van der Waals surface area contributed by atoms with Crippen molar-refractivity contribution in [3.05, 3.63) is 34.7 Å². The van der Waals surface area contributed by atoms with Gasteiger partial charge in [-0.1, -0.05) is 37.2 Å².